The van der Waals surface area contributed by atoms with E-state index in [4.69, 9.17) is 4.74 Å². The number of aryl methyl sites for hydroxylation is 1. The number of fused-ring (bicyclic) bond motifs is 2. The molecule has 1 spiro atoms. The molecule has 4 heteroatoms. The molecule has 3 saturated heterocycles. The fraction of sp³-hybridized carbons (Fsp3) is 0.611. The Morgan fingerprint density at radius 2 is 2.05 bits per heavy atom. The standard InChI is InChI=1S/C18H24N2O2/c1-12-11-14(3-4-15(12)22-2)17(21)19-16-13-5-9-20(10-6-13)18(16)7-8-18/h3-4,11,13,16H,5-10H2,1-2H3,(H,19,21)/t16-/m1/s1. The van der Waals surface area contributed by atoms with Gasteiger partial charge in [0.05, 0.1) is 13.2 Å². The Balaban J connectivity index is 1.53. The number of hydrogen-bond acceptors (Lipinski definition) is 3. The average Bonchev–Trinajstić information content (AvgIpc) is 3.32. The van der Waals surface area contributed by atoms with Crippen LogP contribution in [0.1, 0.15) is 41.6 Å². The lowest BCUT2D eigenvalue weighted by Gasteiger charge is -2.52. The van der Waals surface area contributed by atoms with Crippen molar-refractivity contribution >= 4 is 5.91 Å². The fourth-order valence-corrected chi connectivity index (χ4v) is 4.57. The maximum atomic E-state index is 12.7. The van der Waals surface area contributed by atoms with Crippen molar-refractivity contribution in [2.24, 2.45) is 5.92 Å². The van der Waals surface area contributed by atoms with Crippen molar-refractivity contribution in [2.45, 2.75) is 44.2 Å². The maximum absolute atomic E-state index is 12.7. The number of nitrogens with one attached hydrogen (secondary N) is 1. The highest BCUT2D eigenvalue weighted by Gasteiger charge is 2.60. The quantitative estimate of drug-likeness (QED) is 0.932. The number of nitrogens with zero attached hydrogens (tertiary/aromatic N) is 1. The first-order valence-corrected chi connectivity index (χ1v) is 8.34. The largest absolute Gasteiger partial charge is 0.496 e. The van der Waals surface area contributed by atoms with Crippen LogP contribution in [0.25, 0.3) is 0 Å². The predicted molar refractivity (Wildman–Crippen MR) is 85.2 cm³/mol. The molecule has 3 heterocycles. The average molecular weight is 300 g/mol. The van der Waals surface area contributed by atoms with Crippen molar-refractivity contribution in [1.82, 2.24) is 10.2 Å². The third-order valence-corrected chi connectivity index (χ3v) is 5.93. The first-order chi connectivity index (χ1) is 10.6. The second kappa shape index (κ2) is 4.98. The van der Waals surface area contributed by atoms with Crippen molar-refractivity contribution in [3.63, 3.8) is 0 Å². The molecule has 118 valence electrons. The highest BCUT2D eigenvalue weighted by atomic mass is 16.5. The van der Waals surface area contributed by atoms with E-state index in [0.29, 0.717) is 17.5 Å². The van der Waals surface area contributed by atoms with Crippen molar-refractivity contribution in [3.8, 4) is 5.75 Å². The summed E-state index contributed by atoms with van der Waals surface area (Å²) in [5, 5.41) is 3.36. The van der Waals surface area contributed by atoms with Crippen molar-refractivity contribution < 1.29 is 9.53 Å². The summed E-state index contributed by atoms with van der Waals surface area (Å²) in [5.41, 5.74) is 2.04. The summed E-state index contributed by atoms with van der Waals surface area (Å²) >= 11 is 0. The van der Waals surface area contributed by atoms with Gasteiger partial charge in [0.25, 0.3) is 5.91 Å². The van der Waals surface area contributed by atoms with Crippen LogP contribution in [0.3, 0.4) is 0 Å². The van der Waals surface area contributed by atoms with Gasteiger partial charge in [0, 0.05) is 11.1 Å². The van der Waals surface area contributed by atoms with E-state index in [9.17, 15) is 4.79 Å². The molecule has 0 unspecified atom stereocenters. The minimum Gasteiger partial charge on any atom is -0.496 e. The van der Waals surface area contributed by atoms with E-state index in [1.54, 1.807) is 7.11 Å². The molecular weight excluding hydrogens is 276 g/mol. The third-order valence-electron chi connectivity index (χ3n) is 5.93. The molecule has 22 heavy (non-hydrogen) atoms. The SMILES string of the molecule is COc1ccc(C(=O)N[C@@H]2C3CCN(CC3)C23CC3)cc1C. The van der Waals surface area contributed by atoms with Gasteiger partial charge < -0.3 is 10.1 Å². The number of piperidine rings is 3. The van der Waals surface area contributed by atoms with Gasteiger partial charge in [-0.2, -0.15) is 0 Å². The molecule has 0 aromatic heterocycles. The zero-order valence-electron chi connectivity index (χ0n) is 13.4. The van der Waals surface area contributed by atoms with Gasteiger partial charge in [0.2, 0.25) is 0 Å². The predicted octanol–water partition coefficient (Wildman–Crippen LogP) is 2.36. The van der Waals surface area contributed by atoms with Crippen LogP contribution in [0.4, 0.5) is 0 Å². The zero-order chi connectivity index (χ0) is 15.3. The van der Waals surface area contributed by atoms with E-state index in [2.05, 4.69) is 10.2 Å². The molecule has 3 aliphatic heterocycles. The van der Waals surface area contributed by atoms with E-state index in [0.717, 1.165) is 16.9 Å². The second-order valence-electron chi connectivity index (χ2n) is 7.06. The summed E-state index contributed by atoms with van der Waals surface area (Å²) in [6, 6.07) is 6.01. The van der Waals surface area contributed by atoms with Crippen LogP contribution in [0, 0.1) is 12.8 Å². The molecule has 1 aromatic rings. The first kappa shape index (κ1) is 14.1. The van der Waals surface area contributed by atoms with Gasteiger partial charge in [-0.05, 0) is 75.4 Å². The van der Waals surface area contributed by atoms with E-state index in [-0.39, 0.29) is 5.91 Å². The molecule has 4 nitrogen and oxygen atoms in total. The molecule has 1 atom stereocenters. The Hall–Kier alpha value is -1.55. The summed E-state index contributed by atoms with van der Waals surface area (Å²) in [4.78, 5) is 15.3. The molecule has 4 aliphatic rings. The number of rotatable bonds is 3. The Bertz CT molecular complexity index is 601. The topological polar surface area (TPSA) is 41.6 Å². The van der Waals surface area contributed by atoms with Crippen LogP contribution in [0.15, 0.2) is 18.2 Å². The van der Waals surface area contributed by atoms with E-state index in [1.165, 1.54) is 38.8 Å². The highest BCUT2D eigenvalue weighted by molar-refractivity contribution is 5.95. The summed E-state index contributed by atoms with van der Waals surface area (Å²) in [7, 11) is 1.66. The number of ether oxygens (including phenoxy) is 1. The molecule has 1 aliphatic carbocycles. The smallest absolute Gasteiger partial charge is 0.251 e. The molecule has 0 radical (unpaired) electrons. The van der Waals surface area contributed by atoms with Gasteiger partial charge >= 0.3 is 0 Å². The molecule has 4 fully saturated rings. The lowest BCUT2D eigenvalue weighted by atomic mass is 9.77. The van der Waals surface area contributed by atoms with Gasteiger partial charge in [-0.1, -0.05) is 0 Å². The van der Waals surface area contributed by atoms with Gasteiger partial charge in [-0.15, -0.1) is 0 Å². The van der Waals surface area contributed by atoms with E-state index in [1.807, 2.05) is 25.1 Å². The van der Waals surface area contributed by atoms with Crippen LogP contribution in [0.2, 0.25) is 0 Å². The molecule has 1 saturated carbocycles. The van der Waals surface area contributed by atoms with Crippen LogP contribution in [0.5, 0.6) is 5.75 Å². The summed E-state index contributed by atoms with van der Waals surface area (Å²) in [6.07, 6.45) is 4.95. The molecule has 1 aromatic carbocycles. The van der Waals surface area contributed by atoms with Gasteiger partial charge in [0.1, 0.15) is 5.75 Å². The van der Waals surface area contributed by atoms with Crippen LogP contribution in [-0.2, 0) is 0 Å². The fourth-order valence-electron chi connectivity index (χ4n) is 4.57. The Kier molecular flexibility index (Phi) is 3.19. The number of benzene rings is 1. The number of carbonyl (C=O) groups excluding carboxylic acids is 1. The minimum absolute atomic E-state index is 0.0655. The molecule has 1 N–H and O–H groups in total. The Morgan fingerprint density at radius 3 is 2.64 bits per heavy atom. The van der Waals surface area contributed by atoms with Gasteiger partial charge in [0.15, 0.2) is 0 Å². The Morgan fingerprint density at radius 1 is 1.32 bits per heavy atom. The lowest BCUT2D eigenvalue weighted by molar-refractivity contribution is -0.00145. The zero-order valence-corrected chi connectivity index (χ0v) is 13.4. The molecule has 1 amide bonds. The molecule has 5 rings (SSSR count). The molecular formula is C18H24N2O2. The number of hydrogen-bond donors (Lipinski definition) is 1. The third kappa shape index (κ3) is 2.04. The van der Waals surface area contributed by atoms with E-state index < -0.39 is 0 Å². The van der Waals surface area contributed by atoms with Crippen molar-refractivity contribution in [1.29, 1.82) is 0 Å². The maximum Gasteiger partial charge on any atom is 0.251 e. The van der Waals surface area contributed by atoms with Crippen molar-refractivity contribution in [3.05, 3.63) is 29.3 Å². The van der Waals surface area contributed by atoms with E-state index >= 15 is 0 Å². The summed E-state index contributed by atoms with van der Waals surface area (Å²) in [5.74, 6) is 1.56. The normalized spacial score (nSPS) is 31.1. The van der Waals surface area contributed by atoms with Gasteiger partial charge in [-0.3, -0.25) is 9.69 Å². The second-order valence-corrected chi connectivity index (χ2v) is 7.06. The van der Waals surface area contributed by atoms with Crippen LogP contribution >= 0.6 is 0 Å². The minimum atomic E-state index is 0.0655. The monoisotopic (exact) mass is 300 g/mol. The number of carbonyl (C=O) groups is 1. The van der Waals surface area contributed by atoms with Gasteiger partial charge in [-0.25, -0.2) is 0 Å². The first-order valence-electron chi connectivity index (χ1n) is 8.34. The lowest BCUT2D eigenvalue weighted by Crippen LogP contribution is -2.65. The summed E-state index contributed by atoms with van der Waals surface area (Å²) < 4.78 is 5.27. The number of amides is 1. The van der Waals surface area contributed by atoms with Crippen LogP contribution in [-0.4, -0.2) is 42.6 Å². The number of methoxy groups -OCH3 is 1. The highest BCUT2D eigenvalue weighted by Crippen LogP contribution is 2.53. The summed E-state index contributed by atoms with van der Waals surface area (Å²) in [6.45, 7) is 4.42. The molecule has 2 bridgehead atoms. The van der Waals surface area contributed by atoms with Crippen LogP contribution < -0.4 is 10.1 Å². The van der Waals surface area contributed by atoms with Crippen molar-refractivity contribution in [2.75, 3.05) is 20.2 Å². The Labute approximate surface area is 131 Å².